The number of morpholine rings is 1. The Morgan fingerprint density at radius 3 is 2.50 bits per heavy atom. The Labute approximate surface area is 115 Å². The average Bonchev–Trinajstić information content (AvgIpc) is 2.46. The number of ketones is 1. The first-order chi connectivity index (χ1) is 9.43. The number of carbonyl (C=O) groups is 1. The van der Waals surface area contributed by atoms with Gasteiger partial charge in [-0.05, 0) is 18.2 Å². The van der Waals surface area contributed by atoms with Crippen LogP contribution >= 0.6 is 0 Å². The molecule has 1 fully saturated rings. The third kappa shape index (κ3) is 3.12. The Morgan fingerprint density at radius 1 is 1.30 bits per heavy atom. The molecule has 1 aliphatic rings. The molecule has 3 nitrogen and oxygen atoms in total. The molecule has 0 bridgehead atoms. The van der Waals surface area contributed by atoms with Gasteiger partial charge < -0.3 is 9.64 Å². The SMILES string of the molecule is CCC(=O)c1ccc(N2CCOCC2)c(C(F)(F)F)c1. The third-order valence-electron chi connectivity index (χ3n) is 3.30. The molecule has 110 valence electrons. The number of hydrogen-bond acceptors (Lipinski definition) is 3. The second kappa shape index (κ2) is 5.83. The molecule has 0 N–H and O–H groups in total. The maximum absolute atomic E-state index is 13.2. The van der Waals surface area contributed by atoms with Crippen molar-refractivity contribution in [3.63, 3.8) is 0 Å². The van der Waals surface area contributed by atoms with E-state index in [1.165, 1.54) is 12.1 Å². The zero-order chi connectivity index (χ0) is 14.8. The molecule has 0 spiro atoms. The molecule has 0 atom stereocenters. The fourth-order valence-corrected chi connectivity index (χ4v) is 2.22. The van der Waals surface area contributed by atoms with Crippen LogP contribution in [0.5, 0.6) is 0 Å². The van der Waals surface area contributed by atoms with Gasteiger partial charge >= 0.3 is 6.18 Å². The van der Waals surface area contributed by atoms with Crippen molar-refractivity contribution in [3.05, 3.63) is 29.3 Å². The van der Waals surface area contributed by atoms with E-state index >= 15 is 0 Å². The smallest absolute Gasteiger partial charge is 0.378 e. The molecule has 6 heteroatoms. The Bertz CT molecular complexity index is 494. The van der Waals surface area contributed by atoms with Crippen molar-refractivity contribution >= 4 is 11.5 Å². The van der Waals surface area contributed by atoms with Crippen LogP contribution in [-0.2, 0) is 10.9 Å². The Morgan fingerprint density at radius 2 is 1.95 bits per heavy atom. The zero-order valence-electron chi connectivity index (χ0n) is 11.2. The summed E-state index contributed by atoms with van der Waals surface area (Å²) in [5.74, 6) is -0.288. The van der Waals surface area contributed by atoms with E-state index in [9.17, 15) is 18.0 Å². The summed E-state index contributed by atoms with van der Waals surface area (Å²) in [5, 5.41) is 0. The zero-order valence-corrected chi connectivity index (χ0v) is 11.2. The molecule has 0 unspecified atom stereocenters. The summed E-state index contributed by atoms with van der Waals surface area (Å²) < 4.78 is 44.7. The van der Waals surface area contributed by atoms with Gasteiger partial charge in [0, 0.05) is 30.8 Å². The van der Waals surface area contributed by atoms with Crippen LogP contribution in [0, 0.1) is 0 Å². The lowest BCUT2D eigenvalue weighted by atomic mass is 10.0. The topological polar surface area (TPSA) is 29.5 Å². The van der Waals surface area contributed by atoms with Gasteiger partial charge in [0.05, 0.1) is 18.8 Å². The summed E-state index contributed by atoms with van der Waals surface area (Å²) in [6, 6.07) is 3.81. The minimum Gasteiger partial charge on any atom is -0.378 e. The number of Topliss-reactive ketones (excluding diaryl/α,β-unsaturated/α-hetero) is 1. The molecular formula is C14H16F3NO2. The van der Waals surface area contributed by atoms with Gasteiger partial charge in [-0.25, -0.2) is 0 Å². The fourth-order valence-electron chi connectivity index (χ4n) is 2.22. The van der Waals surface area contributed by atoms with Crippen LogP contribution in [0.3, 0.4) is 0 Å². The molecular weight excluding hydrogens is 271 g/mol. The molecule has 20 heavy (non-hydrogen) atoms. The van der Waals surface area contributed by atoms with Crippen molar-refractivity contribution in [2.75, 3.05) is 31.2 Å². The minimum atomic E-state index is -4.47. The summed E-state index contributed by atoms with van der Waals surface area (Å²) in [7, 11) is 0. The number of benzene rings is 1. The van der Waals surface area contributed by atoms with E-state index in [4.69, 9.17) is 4.74 Å². The molecule has 0 aromatic heterocycles. The maximum atomic E-state index is 13.2. The number of ether oxygens (including phenoxy) is 1. The Hall–Kier alpha value is -1.56. The summed E-state index contributed by atoms with van der Waals surface area (Å²) in [6.45, 7) is 3.29. The van der Waals surface area contributed by atoms with E-state index in [2.05, 4.69) is 0 Å². The van der Waals surface area contributed by atoms with Gasteiger partial charge in [0.2, 0.25) is 0 Å². The molecule has 0 amide bonds. The monoisotopic (exact) mass is 287 g/mol. The first-order valence-electron chi connectivity index (χ1n) is 6.50. The lowest BCUT2D eigenvalue weighted by Gasteiger charge is -2.31. The van der Waals surface area contributed by atoms with Gasteiger partial charge in [-0.2, -0.15) is 13.2 Å². The van der Waals surface area contributed by atoms with Crippen LogP contribution in [0.4, 0.5) is 18.9 Å². The highest BCUT2D eigenvalue weighted by Gasteiger charge is 2.35. The summed E-state index contributed by atoms with van der Waals surface area (Å²) in [5.41, 5.74) is -0.524. The molecule has 1 aromatic rings. The minimum absolute atomic E-state index is 0.108. The number of rotatable bonds is 3. The molecule has 0 aliphatic carbocycles. The van der Waals surface area contributed by atoms with Crippen molar-refractivity contribution in [1.82, 2.24) is 0 Å². The lowest BCUT2D eigenvalue weighted by Crippen LogP contribution is -2.37. The Kier molecular flexibility index (Phi) is 4.32. The van der Waals surface area contributed by atoms with E-state index < -0.39 is 11.7 Å². The van der Waals surface area contributed by atoms with E-state index in [0.29, 0.717) is 26.3 Å². The highest BCUT2D eigenvalue weighted by Crippen LogP contribution is 2.37. The van der Waals surface area contributed by atoms with Crippen LogP contribution in [0.1, 0.15) is 29.3 Å². The van der Waals surface area contributed by atoms with E-state index in [1.807, 2.05) is 0 Å². The highest BCUT2D eigenvalue weighted by molar-refractivity contribution is 5.96. The number of alkyl halides is 3. The quantitative estimate of drug-likeness (QED) is 0.800. The average molecular weight is 287 g/mol. The van der Waals surface area contributed by atoms with Crippen molar-refractivity contribution in [2.45, 2.75) is 19.5 Å². The molecule has 1 heterocycles. The van der Waals surface area contributed by atoms with Crippen LogP contribution in [0.25, 0.3) is 0 Å². The summed E-state index contributed by atoms with van der Waals surface area (Å²) in [6.07, 6.45) is -4.29. The largest absolute Gasteiger partial charge is 0.418 e. The number of hydrogen-bond donors (Lipinski definition) is 0. The van der Waals surface area contributed by atoms with Crippen molar-refractivity contribution < 1.29 is 22.7 Å². The predicted molar refractivity (Wildman–Crippen MR) is 69.1 cm³/mol. The number of halogens is 3. The lowest BCUT2D eigenvalue weighted by molar-refractivity contribution is -0.137. The standard InChI is InChI=1S/C14H16F3NO2/c1-2-13(19)10-3-4-12(11(9-10)14(15,16)17)18-5-7-20-8-6-18/h3-4,9H,2,5-8H2,1H3. The van der Waals surface area contributed by atoms with Crippen LogP contribution in [-0.4, -0.2) is 32.1 Å². The van der Waals surface area contributed by atoms with Crippen LogP contribution in [0.2, 0.25) is 0 Å². The van der Waals surface area contributed by atoms with Gasteiger partial charge in [-0.1, -0.05) is 6.92 Å². The van der Waals surface area contributed by atoms with Gasteiger partial charge in [0.1, 0.15) is 0 Å². The first kappa shape index (κ1) is 14.8. The Balaban J connectivity index is 2.42. The molecule has 1 aliphatic heterocycles. The van der Waals surface area contributed by atoms with E-state index in [1.54, 1.807) is 11.8 Å². The molecule has 1 aromatic carbocycles. The summed E-state index contributed by atoms with van der Waals surface area (Å²) in [4.78, 5) is 13.2. The third-order valence-corrected chi connectivity index (χ3v) is 3.30. The number of anilines is 1. The first-order valence-corrected chi connectivity index (χ1v) is 6.50. The van der Waals surface area contributed by atoms with E-state index in [-0.39, 0.29) is 23.5 Å². The number of carbonyl (C=O) groups excluding carboxylic acids is 1. The second-order valence-electron chi connectivity index (χ2n) is 4.61. The fraction of sp³-hybridized carbons (Fsp3) is 0.500. The predicted octanol–water partition coefficient (Wildman–Crippen LogP) is 3.13. The van der Waals surface area contributed by atoms with Crippen molar-refractivity contribution in [2.24, 2.45) is 0 Å². The molecule has 2 rings (SSSR count). The van der Waals surface area contributed by atoms with Gasteiger partial charge in [0.15, 0.2) is 5.78 Å². The highest BCUT2D eigenvalue weighted by atomic mass is 19.4. The van der Waals surface area contributed by atoms with Crippen molar-refractivity contribution in [1.29, 1.82) is 0 Å². The number of nitrogens with zero attached hydrogens (tertiary/aromatic N) is 1. The van der Waals surface area contributed by atoms with Gasteiger partial charge in [-0.3, -0.25) is 4.79 Å². The van der Waals surface area contributed by atoms with Gasteiger partial charge in [-0.15, -0.1) is 0 Å². The van der Waals surface area contributed by atoms with Crippen molar-refractivity contribution in [3.8, 4) is 0 Å². The van der Waals surface area contributed by atoms with E-state index in [0.717, 1.165) is 6.07 Å². The van der Waals surface area contributed by atoms with Crippen LogP contribution in [0.15, 0.2) is 18.2 Å². The normalized spacial score (nSPS) is 16.3. The van der Waals surface area contributed by atoms with Crippen LogP contribution < -0.4 is 4.90 Å². The molecule has 0 radical (unpaired) electrons. The maximum Gasteiger partial charge on any atom is 0.418 e. The van der Waals surface area contributed by atoms with Gasteiger partial charge in [0.25, 0.3) is 0 Å². The molecule has 1 saturated heterocycles. The second-order valence-corrected chi connectivity index (χ2v) is 4.61. The molecule has 0 saturated carbocycles. The summed E-state index contributed by atoms with van der Waals surface area (Å²) >= 11 is 0.